The average Bonchev–Trinajstić information content (AvgIpc) is 2.55. The Morgan fingerprint density at radius 1 is 1.09 bits per heavy atom. The summed E-state index contributed by atoms with van der Waals surface area (Å²) >= 11 is 7.15. The quantitative estimate of drug-likeness (QED) is 0.639. The first-order valence-corrected chi connectivity index (χ1v) is 8.20. The van der Waals surface area contributed by atoms with Crippen molar-refractivity contribution in [1.29, 1.82) is 0 Å². The molecule has 1 amide bonds. The molecule has 0 aliphatic rings. The van der Waals surface area contributed by atoms with Gasteiger partial charge in [-0.25, -0.2) is 0 Å². The number of benzene rings is 2. The molecule has 0 heterocycles. The number of carbonyl (C=O) groups excluding carboxylic acids is 2. The van der Waals surface area contributed by atoms with Crippen LogP contribution in [0.3, 0.4) is 0 Å². The van der Waals surface area contributed by atoms with E-state index in [0.29, 0.717) is 10.6 Å². The molecule has 6 heteroatoms. The van der Waals surface area contributed by atoms with Gasteiger partial charge in [0.1, 0.15) is 5.25 Å². The fourth-order valence-electron chi connectivity index (χ4n) is 1.90. The zero-order valence-electron chi connectivity index (χ0n) is 12.4. The van der Waals surface area contributed by atoms with Crippen molar-refractivity contribution in [1.82, 2.24) is 0 Å². The lowest BCUT2D eigenvalue weighted by molar-refractivity contribution is -0.154. The van der Waals surface area contributed by atoms with Gasteiger partial charge in [0, 0.05) is 15.5 Å². The van der Waals surface area contributed by atoms with Crippen LogP contribution in [0.2, 0.25) is 5.02 Å². The lowest BCUT2D eigenvalue weighted by atomic mass is 10.1. The number of primary amides is 1. The van der Waals surface area contributed by atoms with Gasteiger partial charge in [-0.2, -0.15) is 0 Å². The number of thioether (sulfide) groups is 1. The molecule has 0 aliphatic heterocycles. The van der Waals surface area contributed by atoms with Gasteiger partial charge < -0.3 is 10.5 Å². The van der Waals surface area contributed by atoms with Crippen LogP contribution in [0.25, 0.3) is 0 Å². The van der Waals surface area contributed by atoms with Crippen molar-refractivity contribution in [2.45, 2.75) is 23.2 Å². The van der Waals surface area contributed by atoms with Crippen LogP contribution < -0.4 is 5.73 Å². The van der Waals surface area contributed by atoms with Crippen molar-refractivity contribution in [3.63, 3.8) is 0 Å². The van der Waals surface area contributed by atoms with E-state index in [-0.39, 0.29) is 0 Å². The van der Waals surface area contributed by atoms with Gasteiger partial charge in [-0.1, -0.05) is 41.9 Å². The third-order valence-electron chi connectivity index (χ3n) is 3.05. The second-order valence-corrected chi connectivity index (χ2v) is 6.69. The number of hydrogen-bond donors (Lipinski definition) is 1. The molecule has 4 nitrogen and oxygen atoms in total. The molecule has 2 unspecified atom stereocenters. The van der Waals surface area contributed by atoms with Crippen LogP contribution in [0.1, 0.15) is 18.6 Å². The van der Waals surface area contributed by atoms with Gasteiger partial charge in [-0.05, 0) is 31.2 Å². The van der Waals surface area contributed by atoms with E-state index in [1.165, 1.54) is 11.8 Å². The summed E-state index contributed by atoms with van der Waals surface area (Å²) in [4.78, 5) is 24.7. The van der Waals surface area contributed by atoms with Gasteiger partial charge in [-0.15, -0.1) is 11.8 Å². The van der Waals surface area contributed by atoms with Crippen molar-refractivity contribution in [2.75, 3.05) is 0 Å². The third-order valence-corrected chi connectivity index (χ3v) is 4.40. The Hall–Kier alpha value is -1.98. The molecule has 0 radical (unpaired) electrons. The minimum Gasteiger partial charge on any atom is -0.446 e. The molecule has 0 aliphatic carbocycles. The molecule has 0 saturated heterocycles. The Morgan fingerprint density at radius 2 is 1.70 bits per heavy atom. The van der Waals surface area contributed by atoms with Gasteiger partial charge in [0.15, 0.2) is 0 Å². The highest BCUT2D eigenvalue weighted by molar-refractivity contribution is 8.00. The number of rotatable bonds is 6. The van der Waals surface area contributed by atoms with E-state index in [0.717, 1.165) is 4.90 Å². The molecule has 2 N–H and O–H groups in total. The number of amides is 1. The molecule has 2 aromatic rings. The standard InChI is InChI=1S/C17H16ClNO3S/c1-11(23-14-9-7-13(18)8-10-14)17(21)22-15(16(19)20)12-5-3-2-4-6-12/h2-11,15H,1H3,(H2,19,20). The molecular formula is C17H16ClNO3S. The predicted octanol–water partition coefficient (Wildman–Crippen LogP) is 3.59. The summed E-state index contributed by atoms with van der Waals surface area (Å²) in [6.07, 6.45) is -1.09. The van der Waals surface area contributed by atoms with Crippen molar-refractivity contribution >= 4 is 35.2 Å². The Balaban J connectivity index is 2.03. The molecule has 120 valence electrons. The van der Waals surface area contributed by atoms with Gasteiger partial charge in [0.2, 0.25) is 6.10 Å². The van der Waals surface area contributed by atoms with Crippen LogP contribution in [0, 0.1) is 0 Å². The van der Waals surface area contributed by atoms with Crippen LogP contribution in [0.15, 0.2) is 59.5 Å². The third kappa shape index (κ3) is 5.01. The molecule has 0 fully saturated rings. The molecule has 0 saturated carbocycles. The fraction of sp³-hybridized carbons (Fsp3) is 0.176. The lowest BCUT2D eigenvalue weighted by Gasteiger charge is -2.18. The largest absolute Gasteiger partial charge is 0.446 e. The fourth-order valence-corrected chi connectivity index (χ4v) is 2.87. The van der Waals surface area contributed by atoms with E-state index in [1.807, 2.05) is 18.2 Å². The van der Waals surface area contributed by atoms with Gasteiger partial charge in [-0.3, -0.25) is 9.59 Å². The Morgan fingerprint density at radius 3 is 2.26 bits per heavy atom. The van der Waals surface area contributed by atoms with Gasteiger partial charge >= 0.3 is 5.97 Å². The number of esters is 1. The average molecular weight is 350 g/mol. The Labute approximate surface area is 144 Å². The van der Waals surface area contributed by atoms with E-state index in [9.17, 15) is 9.59 Å². The highest BCUT2D eigenvalue weighted by Gasteiger charge is 2.25. The number of ether oxygens (including phenoxy) is 1. The summed E-state index contributed by atoms with van der Waals surface area (Å²) in [7, 11) is 0. The van der Waals surface area contributed by atoms with Crippen molar-refractivity contribution < 1.29 is 14.3 Å². The van der Waals surface area contributed by atoms with E-state index >= 15 is 0 Å². The van der Waals surface area contributed by atoms with Crippen molar-refractivity contribution in [3.05, 3.63) is 65.2 Å². The summed E-state index contributed by atoms with van der Waals surface area (Å²) in [6, 6.07) is 15.8. The number of carbonyl (C=O) groups is 2. The highest BCUT2D eigenvalue weighted by Crippen LogP contribution is 2.27. The van der Waals surface area contributed by atoms with Crippen LogP contribution in [-0.2, 0) is 14.3 Å². The molecule has 23 heavy (non-hydrogen) atoms. The molecule has 0 bridgehead atoms. The van der Waals surface area contributed by atoms with E-state index in [2.05, 4.69) is 0 Å². The monoisotopic (exact) mass is 349 g/mol. The second-order valence-electron chi connectivity index (χ2n) is 4.84. The zero-order valence-corrected chi connectivity index (χ0v) is 14.0. The summed E-state index contributed by atoms with van der Waals surface area (Å²) in [6.45, 7) is 1.71. The highest BCUT2D eigenvalue weighted by atomic mass is 35.5. The minimum atomic E-state index is -1.09. The van der Waals surface area contributed by atoms with E-state index in [1.54, 1.807) is 43.3 Å². The molecule has 2 rings (SSSR count). The molecular weight excluding hydrogens is 334 g/mol. The van der Waals surface area contributed by atoms with Crippen LogP contribution >= 0.6 is 23.4 Å². The maximum absolute atomic E-state index is 12.2. The number of halogens is 1. The summed E-state index contributed by atoms with van der Waals surface area (Å²) < 4.78 is 5.30. The Bertz CT molecular complexity index is 676. The maximum Gasteiger partial charge on any atom is 0.320 e. The van der Waals surface area contributed by atoms with Crippen LogP contribution in [0.4, 0.5) is 0 Å². The SMILES string of the molecule is CC(Sc1ccc(Cl)cc1)C(=O)OC(C(N)=O)c1ccccc1. The van der Waals surface area contributed by atoms with Gasteiger partial charge in [0.05, 0.1) is 0 Å². The lowest BCUT2D eigenvalue weighted by Crippen LogP contribution is -2.29. The molecule has 2 aromatic carbocycles. The zero-order chi connectivity index (χ0) is 16.8. The first kappa shape index (κ1) is 17.4. The van der Waals surface area contributed by atoms with Gasteiger partial charge in [0.25, 0.3) is 5.91 Å². The molecule has 2 atom stereocenters. The van der Waals surface area contributed by atoms with Crippen molar-refractivity contribution in [2.24, 2.45) is 5.73 Å². The first-order valence-electron chi connectivity index (χ1n) is 6.94. The molecule has 0 spiro atoms. The normalized spacial score (nSPS) is 13.1. The maximum atomic E-state index is 12.2. The summed E-state index contributed by atoms with van der Waals surface area (Å²) in [5.74, 6) is -1.20. The first-order chi connectivity index (χ1) is 11.0. The smallest absolute Gasteiger partial charge is 0.320 e. The summed E-state index contributed by atoms with van der Waals surface area (Å²) in [5.41, 5.74) is 5.90. The van der Waals surface area contributed by atoms with Crippen molar-refractivity contribution in [3.8, 4) is 0 Å². The summed E-state index contributed by atoms with van der Waals surface area (Å²) in [5, 5.41) is 0.143. The number of nitrogens with two attached hydrogens (primary N) is 1. The minimum absolute atomic E-state index is 0.485. The van der Waals surface area contributed by atoms with Crippen LogP contribution in [0.5, 0.6) is 0 Å². The second kappa shape index (κ2) is 8.04. The number of hydrogen-bond acceptors (Lipinski definition) is 4. The predicted molar refractivity (Wildman–Crippen MR) is 91.2 cm³/mol. The van der Waals surface area contributed by atoms with E-state index in [4.69, 9.17) is 22.1 Å². The Kier molecular flexibility index (Phi) is 6.07. The van der Waals surface area contributed by atoms with E-state index < -0.39 is 23.2 Å². The molecule has 0 aromatic heterocycles. The topological polar surface area (TPSA) is 69.4 Å². The van der Waals surface area contributed by atoms with Crippen LogP contribution in [-0.4, -0.2) is 17.1 Å².